The average Bonchev–Trinajstić information content (AvgIpc) is 3.34. The van der Waals surface area contributed by atoms with Gasteiger partial charge in [0.2, 0.25) is 5.69 Å². The van der Waals surface area contributed by atoms with Gasteiger partial charge in [-0.2, -0.15) is 4.98 Å². The zero-order valence-corrected chi connectivity index (χ0v) is 15.7. The molecule has 136 valence electrons. The molecule has 3 aromatic heterocycles. The van der Waals surface area contributed by atoms with E-state index in [4.69, 9.17) is 27.2 Å². The van der Waals surface area contributed by atoms with E-state index < -0.39 is 0 Å². The van der Waals surface area contributed by atoms with Crippen LogP contribution < -0.4 is 0 Å². The number of nitrogens with zero attached hydrogens (tertiary/aromatic N) is 6. The van der Waals surface area contributed by atoms with Gasteiger partial charge in [-0.1, -0.05) is 34.9 Å². The largest absolute Gasteiger partial charge is 0.361 e. The van der Waals surface area contributed by atoms with Crippen LogP contribution in [0.4, 0.5) is 5.69 Å². The first-order valence-electron chi connectivity index (χ1n) is 8.34. The number of rotatable bonds is 4. The molecule has 0 saturated carbocycles. The Balaban J connectivity index is 1.76. The highest BCUT2D eigenvalue weighted by atomic mass is 35.5. The van der Waals surface area contributed by atoms with Gasteiger partial charge in [0.15, 0.2) is 5.82 Å². The quantitative estimate of drug-likeness (QED) is 0.483. The van der Waals surface area contributed by atoms with Gasteiger partial charge in [0, 0.05) is 6.42 Å². The van der Waals surface area contributed by atoms with Crippen LogP contribution in [0.25, 0.3) is 27.3 Å². The van der Waals surface area contributed by atoms with E-state index in [1.54, 1.807) is 13.0 Å². The van der Waals surface area contributed by atoms with Crippen LogP contribution in [0.2, 0.25) is 5.02 Å². The fourth-order valence-electron chi connectivity index (χ4n) is 3.08. The minimum absolute atomic E-state index is 0.362. The summed E-state index contributed by atoms with van der Waals surface area (Å²) in [7, 11) is 0. The van der Waals surface area contributed by atoms with Crippen LogP contribution in [0.5, 0.6) is 0 Å². The Kier molecular flexibility index (Phi) is 4.16. The van der Waals surface area contributed by atoms with Gasteiger partial charge in [-0.05, 0) is 19.9 Å². The van der Waals surface area contributed by atoms with E-state index in [1.807, 2.05) is 24.5 Å². The summed E-state index contributed by atoms with van der Waals surface area (Å²) in [5.41, 5.74) is 3.23. The molecule has 4 aromatic rings. The van der Waals surface area contributed by atoms with E-state index in [9.17, 15) is 0 Å². The van der Waals surface area contributed by atoms with E-state index in [-0.39, 0.29) is 0 Å². The first kappa shape index (κ1) is 17.2. The molecule has 0 N–H and O–H groups in total. The molecule has 3 heterocycles. The fraction of sp³-hybridized carbons (Fsp3) is 0.278. The first-order valence-corrected chi connectivity index (χ1v) is 8.72. The number of benzene rings is 1. The summed E-state index contributed by atoms with van der Waals surface area (Å²) in [6, 6.07) is 3.54. The Hall–Kier alpha value is -3.18. The summed E-state index contributed by atoms with van der Waals surface area (Å²) in [6.07, 6.45) is 0.701. The third kappa shape index (κ3) is 2.76. The average molecular weight is 383 g/mol. The second-order valence-electron chi connectivity index (χ2n) is 6.06. The highest BCUT2D eigenvalue weighted by molar-refractivity contribution is 6.37. The van der Waals surface area contributed by atoms with Gasteiger partial charge in [0.05, 0.1) is 34.9 Å². The Morgan fingerprint density at radius 3 is 2.67 bits per heavy atom. The predicted octanol–water partition coefficient (Wildman–Crippen LogP) is 4.51. The van der Waals surface area contributed by atoms with Gasteiger partial charge in [0.1, 0.15) is 17.1 Å². The maximum Gasteiger partial charge on any atom is 0.263 e. The van der Waals surface area contributed by atoms with Crippen molar-refractivity contribution in [2.45, 2.75) is 33.7 Å². The summed E-state index contributed by atoms with van der Waals surface area (Å²) < 4.78 is 12.5. The third-order valence-corrected chi connectivity index (χ3v) is 4.74. The molecule has 0 unspecified atom stereocenters. The molecule has 0 bridgehead atoms. The third-order valence-electron chi connectivity index (χ3n) is 4.37. The van der Waals surface area contributed by atoms with Crippen molar-refractivity contribution in [2.75, 3.05) is 0 Å². The minimum Gasteiger partial charge on any atom is -0.361 e. The number of hydrogen-bond donors (Lipinski definition) is 0. The molecule has 4 rings (SSSR count). The van der Waals surface area contributed by atoms with Gasteiger partial charge in [-0.25, -0.2) is 9.83 Å². The number of aromatic nitrogens is 5. The van der Waals surface area contributed by atoms with Crippen LogP contribution in [0, 0.1) is 20.4 Å². The number of fused-ring (bicyclic) bond motifs is 1. The molecule has 0 aliphatic carbocycles. The van der Waals surface area contributed by atoms with E-state index in [0.717, 1.165) is 11.3 Å². The molecule has 0 spiro atoms. The Bertz CT molecular complexity index is 1180. The summed E-state index contributed by atoms with van der Waals surface area (Å²) in [5, 5.41) is 8.36. The summed E-state index contributed by atoms with van der Waals surface area (Å²) in [6.45, 7) is 13.2. The molecule has 8 nitrogen and oxygen atoms in total. The molecular formula is C18H15ClN6O2. The van der Waals surface area contributed by atoms with Gasteiger partial charge >= 0.3 is 0 Å². The number of hydrogen-bond acceptors (Lipinski definition) is 6. The lowest BCUT2D eigenvalue weighted by atomic mass is 10.2. The second kappa shape index (κ2) is 6.52. The maximum absolute atomic E-state index is 7.21. The van der Waals surface area contributed by atoms with Crippen LogP contribution in [0.15, 0.2) is 21.2 Å². The van der Waals surface area contributed by atoms with Gasteiger partial charge in [-0.3, -0.25) is 0 Å². The molecule has 0 saturated heterocycles. The summed E-state index contributed by atoms with van der Waals surface area (Å²) in [5.74, 6) is 2.34. The van der Waals surface area contributed by atoms with E-state index in [0.29, 0.717) is 57.9 Å². The van der Waals surface area contributed by atoms with Crippen molar-refractivity contribution in [3.05, 3.63) is 51.7 Å². The molecule has 0 atom stereocenters. The maximum atomic E-state index is 7.21. The molecular weight excluding hydrogens is 368 g/mol. The SMILES string of the molecule is [C-]#[N+]c1ccc2c(nc(CC)n2Cc2noc(-c3c(C)noc3C)n2)c1Cl. The lowest BCUT2D eigenvalue weighted by Gasteiger charge is -2.05. The van der Waals surface area contributed by atoms with Crippen molar-refractivity contribution in [3.63, 3.8) is 0 Å². The van der Waals surface area contributed by atoms with E-state index >= 15 is 0 Å². The monoisotopic (exact) mass is 382 g/mol. The van der Waals surface area contributed by atoms with Gasteiger partial charge in [-0.15, -0.1) is 0 Å². The van der Waals surface area contributed by atoms with Crippen LogP contribution >= 0.6 is 11.6 Å². The number of imidazole rings is 1. The van der Waals surface area contributed by atoms with Crippen LogP contribution in [-0.2, 0) is 13.0 Å². The molecule has 0 aliphatic heterocycles. The van der Waals surface area contributed by atoms with Crippen LogP contribution in [-0.4, -0.2) is 24.8 Å². The van der Waals surface area contributed by atoms with Crippen LogP contribution in [0.1, 0.15) is 30.0 Å². The number of halogens is 1. The normalized spacial score (nSPS) is 11.2. The van der Waals surface area contributed by atoms with E-state index in [2.05, 4.69) is 25.1 Å². The van der Waals surface area contributed by atoms with E-state index in [1.165, 1.54) is 0 Å². The zero-order chi connectivity index (χ0) is 19.1. The predicted molar refractivity (Wildman–Crippen MR) is 98.8 cm³/mol. The lowest BCUT2D eigenvalue weighted by molar-refractivity contribution is 0.391. The van der Waals surface area contributed by atoms with Gasteiger partial charge < -0.3 is 13.6 Å². The minimum atomic E-state index is 0.362. The molecule has 1 aromatic carbocycles. The van der Waals surface area contributed by atoms with Crippen molar-refractivity contribution < 1.29 is 9.05 Å². The summed E-state index contributed by atoms with van der Waals surface area (Å²) >= 11 is 6.34. The van der Waals surface area contributed by atoms with Crippen molar-refractivity contribution >= 4 is 28.3 Å². The molecule has 27 heavy (non-hydrogen) atoms. The van der Waals surface area contributed by atoms with Crippen molar-refractivity contribution in [3.8, 4) is 11.5 Å². The lowest BCUT2D eigenvalue weighted by Crippen LogP contribution is -2.05. The highest BCUT2D eigenvalue weighted by Gasteiger charge is 2.20. The smallest absolute Gasteiger partial charge is 0.263 e. The van der Waals surface area contributed by atoms with Gasteiger partial charge in [0.25, 0.3) is 5.89 Å². The molecule has 9 heteroatoms. The second-order valence-corrected chi connectivity index (χ2v) is 6.44. The Morgan fingerprint density at radius 2 is 2.00 bits per heavy atom. The standard InChI is InChI=1S/C18H15ClN6O2/c1-5-14-22-17-12(7-6-11(20-4)16(17)19)25(14)8-13-21-18(27-24-13)15-9(2)23-26-10(15)3/h6-7H,5,8H2,1-3H3. The highest BCUT2D eigenvalue weighted by Crippen LogP contribution is 2.33. The molecule has 0 fully saturated rings. The molecule has 0 amide bonds. The topological polar surface area (TPSA) is 87.1 Å². The van der Waals surface area contributed by atoms with Crippen molar-refractivity contribution in [1.82, 2.24) is 24.8 Å². The Labute approximate surface area is 159 Å². The molecule has 0 aliphatic rings. The van der Waals surface area contributed by atoms with Crippen molar-refractivity contribution in [1.29, 1.82) is 0 Å². The first-order chi connectivity index (χ1) is 13.0. The van der Waals surface area contributed by atoms with Crippen molar-refractivity contribution in [2.24, 2.45) is 0 Å². The Morgan fingerprint density at radius 1 is 1.19 bits per heavy atom. The number of aryl methyl sites for hydroxylation is 3. The summed E-state index contributed by atoms with van der Waals surface area (Å²) in [4.78, 5) is 12.5. The van der Waals surface area contributed by atoms with Crippen LogP contribution in [0.3, 0.4) is 0 Å². The molecule has 0 radical (unpaired) electrons. The fourth-order valence-corrected chi connectivity index (χ4v) is 3.32. The zero-order valence-electron chi connectivity index (χ0n) is 14.9.